The first kappa shape index (κ1) is 16.0. The SMILES string of the molecule is CCNC(Cc1cccc(F)c1Br)c1scc(C)c1Cl. The van der Waals surface area contributed by atoms with Crippen LogP contribution in [0.15, 0.2) is 28.1 Å². The summed E-state index contributed by atoms with van der Waals surface area (Å²) in [4.78, 5) is 1.11. The van der Waals surface area contributed by atoms with Crippen molar-refractivity contribution in [3.8, 4) is 0 Å². The summed E-state index contributed by atoms with van der Waals surface area (Å²) in [6, 6.07) is 5.23. The van der Waals surface area contributed by atoms with Crippen molar-refractivity contribution < 1.29 is 4.39 Å². The Kier molecular flexibility index (Phi) is 5.61. The van der Waals surface area contributed by atoms with E-state index in [1.54, 1.807) is 17.4 Å². The van der Waals surface area contributed by atoms with E-state index in [9.17, 15) is 4.39 Å². The number of hydrogen-bond acceptors (Lipinski definition) is 2. The average Bonchev–Trinajstić information content (AvgIpc) is 2.75. The van der Waals surface area contributed by atoms with Crippen molar-refractivity contribution in [1.29, 1.82) is 0 Å². The van der Waals surface area contributed by atoms with E-state index in [4.69, 9.17) is 11.6 Å². The molecule has 5 heteroatoms. The minimum atomic E-state index is -0.230. The van der Waals surface area contributed by atoms with E-state index in [1.165, 1.54) is 6.07 Å². The molecule has 1 aromatic carbocycles. The molecule has 0 saturated heterocycles. The van der Waals surface area contributed by atoms with Gasteiger partial charge in [0, 0.05) is 10.9 Å². The Labute approximate surface area is 136 Å². The van der Waals surface area contributed by atoms with Crippen LogP contribution in [0.2, 0.25) is 5.02 Å². The van der Waals surface area contributed by atoms with E-state index in [-0.39, 0.29) is 11.9 Å². The van der Waals surface area contributed by atoms with E-state index < -0.39 is 0 Å². The van der Waals surface area contributed by atoms with Crippen molar-refractivity contribution in [2.24, 2.45) is 0 Å². The summed E-state index contributed by atoms with van der Waals surface area (Å²) in [5.41, 5.74) is 2.03. The highest BCUT2D eigenvalue weighted by atomic mass is 79.9. The van der Waals surface area contributed by atoms with Crippen molar-refractivity contribution in [1.82, 2.24) is 5.32 Å². The Bertz CT molecular complexity index is 600. The highest BCUT2D eigenvalue weighted by Gasteiger charge is 2.19. The lowest BCUT2D eigenvalue weighted by Crippen LogP contribution is -2.22. The average molecular weight is 377 g/mol. The van der Waals surface area contributed by atoms with Crippen LogP contribution in [0, 0.1) is 12.7 Å². The van der Waals surface area contributed by atoms with Gasteiger partial charge in [-0.15, -0.1) is 11.3 Å². The van der Waals surface area contributed by atoms with Gasteiger partial charge in [-0.05, 0) is 58.4 Å². The van der Waals surface area contributed by atoms with Crippen molar-refractivity contribution in [2.45, 2.75) is 26.3 Å². The van der Waals surface area contributed by atoms with Gasteiger partial charge in [0.1, 0.15) is 5.82 Å². The number of benzene rings is 1. The molecule has 1 atom stereocenters. The lowest BCUT2D eigenvalue weighted by Gasteiger charge is -2.18. The van der Waals surface area contributed by atoms with E-state index in [0.717, 1.165) is 27.6 Å². The van der Waals surface area contributed by atoms with E-state index in [2.05, 4.69) is 33.6 Å². The molecule has 20 heavy (non-hydrogen) atoms. The number of aryl methyl sites for hydroxylation is 1. The minimum absolute atomic E-state index is 0.101. The number of rotatable bonds is 5. The molecule has 1 nitrogen and oxygen atoms in total. The Hall–Kier alpha value is -0.420. The van der Waals surface area contributed by atoms with Crippen molar-refractivity contribution >= 4 is 38.9 Å². The summed E-state index contributed by atoms with van der Waals surface area (Å²) in [6.45, 7) is 4.90. The van der Waals surface area contributed by atoms with Crippen molar-refractivity contribution in [2.75, 3.05) is 6.54 Å². The second kappa shape index (κ2) is 7.03. The van der Waals surface area contributed by atoms with Crippen molar-refractivity contribution in [3.05, 3.63) is 54.9 Å². The summed E-state index contributed by atoms with van der Waals surface area (Å²) in [5.74, 6) is -0.230. The second-order valence-corrected chi connectivity index (χ2v) is 6.71. The topological polar surface area (TPSA) is 12.0 Å². The van der Waals surface area contributed by atoms with Gasteiger partial charge in [-0.3, -0.25) is 0 Å². The number of likely N-dealkylation sites (N-methyl/N-ethyl adjacent to an activating group) is 1. The smallest absolute Gasteiger partial charge is 0.137 e. The minimum Gasteiger partial charge on any atom is -0.309 e. The Morgan fingerprint density at radius 1 is 1.45 bits per heavy atom. The van der Waals surface area contributed by atoms with Gasteiger partial charge >= 0.3 is 0 Å². The summed E-state index contributed by atoms with van der Waals surface area (Å²) in [5, 5.41) is 6.30. The second-order valence-electron chi connectivity index (χ2n) is 4.62. The molecule has 0 amide bonds. The zero-order valence-corrected chi connectivity index (χ0v) is 14.5. The number of hydrogen-bond donors (Lipinski definition) is 1. The van der Waals surface area contributed by atoms with Crippen LogP contribution >= 0.6 is 38.9 Å². The molecule has 0 fully saturated rings. The number of nitrogens with one attached hydrogen (secondary N) is 1. The van der Waals surface area contributed by atoms with Gasteiger partial charge in [0.25, 0.3) is 0 Å². The largest absolute Gasteiger partial charge is 0.309 e. The Balaban J connectivity index is 2.30. The number of halogens is 3. The van der Waals surface area contributed by atoms with Crippen LogP contribution < -0.4 is 5.32 Å². The fourth-order valence-corrected chi connectivity index (χ4v) is 3.94. The van der Waals surface area contributed by atoms with E-state index in [0.29, 0.717) is 10.9 Å². The molecule has 1 N–H and O–H groups in total. The van der Waals surface area contributed by atoms with Crippen LogP contribution in [-0.4, -0.2) is 6.54 Å². The highest BCUT2D eigenvalue weighted by molar-refractivity contribution is 9.10. The first-order valence-corrected chi connectivity index (χ1v) is 8.49. The van der Waals surface area contributed by atoms with Crippen LogP contribution in [0.25, 0.3) is 0 Å². The van der Waals surface area contributed by atoms with Gasteiger partial charge in [-0.1, -0.05) is 30.7 Å². The molecular weight excluding hydrogens is 361 g/mol. The summed E-state index contributed by atoms with van der Waals surface area (Å²) in [7, 11) is 0. The van der Waals surface area contributed by atoms with E-state index in [1.807, 2.05) is 13.0 Å². The standard InChI is InChI=1S/C15H16BrClFNS/c1-3-19-12(15-14(17)9(2)8-20-15)7-10-5-4-6-11(18)13(10)16/h4-6,8,12,19H,3,7H2,1-2H3. The molecule has 2 rings (SSSR count). The molecule has 2 aromatic rings. The fourth-order valence-electron chi connectivity index (χ4n) is 2.11. The Morgan fingerprint density at radius 2 is 2.20 bits per heavy atom. The molecule has 0 bridgehead atoms. The van der Waals surface area contributed by atoms with Gasteiger partial charge in [-0.25, -0.2) is 4.39 Å². The lowest BCUT2D eigenvalue weighted by atomic mass is 10.0. The highest BCUT2D eigenvalue weighted by Crippen LogP contribution is 2.35. The molecule has 108 valence electrons. The third-order valence-corrected chi connectivity index (χ3v) is 5.86. The molecular formula is C15H16BrClFNS. The zero-order valence-electron chi connectivity index (χ0n) is 11.3. The normalized spacial score (nSPS) is 12.7. The van der Waals surface area contributed by atoms with Crippen LogP contribution in [0.3, 0.4) is 0 Å². The van der Waals surface area contributed by atoms with Gasteiger partial charge < -0.3 is 5.32 Å². The van der Waals surface area contributed by atoms with Gasteiger partial charge in [0.15, 0.2) is 0 Å². The predicted molar refractivity (Wildman–Crippen MR) is 88.3 cm³/mol. The predicted octanol–water partition coefficient (Wildman–Crippen LogP) is 5.50. The third-order valence-electron chi connectivity index (χ3n) is 3.15. The third kappa shape index (κ3) is 3.42. The summed E-state index contributed by atoms with van der Waals surface area (Å²) >= 11 is 11.3. The maximum Gasteiger partial charge on any atom is 0.137 e. The van der Waals surface area contributed by atoms with Crippen molar-refractivity contribution in [3.63, 3.8) is 0 Å². The van der Waals surface area contributed by atoms with Crippen LogP contribution in [0.5, 0.6) is 0 Å². The molecule has 0 spiro atoms. The number of thiophene rings is 1. The molecule has 0 aliphatic carbocycles. The van der Waals surface area contributed by atoms with Gasteiger partial charge in [-0.2, -0.15) is 0 Å². The molecule has 1 heterocycles. The summed E-state index contributed by atoms with van der Waals surface area (Å²) in [6.07, 6.45) is 0.700. The molecule has 0 aliphatic rings. The van der Waals surface area contributed by atoms with Gasteiger partial charge in [0.2, 0.25) is 0 Å². The molecule has 1 aromatic heterocycles. The molecule has 0 saturated carbocycles. The molecule has 1 unspecified atom stereocenters. The Morgan fingerprint density at radius 3 is 2.80 bits per heavy atom. The first-order valence-electron chi connectivity index (χ1n) is 6.44. The van der Waals surface area contributed by atoms with Crippen LogP contribution in [-0.2, 0) is 6.42 Å². The van der Waals surface area contributed by atoms with E-state index >= 15 is 0 Å². The maximum absolute atomic E-state index is 13.6. The quantitative estimate of drug-likeness (QED) is 0.726. The maximum atomic E-state index is 13.6. The molecule has 0 aliphatic heterocycles. The first-order chi connectivity index (χ1) is 9.54. The fraction of sp³-hybridized carbons (Fsp3) is 0.333. The zero-order chi connectivity index (χ0) is 14.7. The lowest BCUT2D eigenvalue weighted by molar-refractivity contribution is 0.552. The van der Waals surface area contributed by atoms with Gasteiger partial charge in [0.05, 0.1) is 9.50 Å². The monoisotopic (exact) mass is 375 g/mol. The molecule has 0 radical (unpaired) electrons. The van der Waals surface area contributed by atoms with Crippen LogP contribution in [0.1, 0.15) is 29.0 Å². The summed E-state index contributed by atoms with van der Waals surface area (Å²) < 4.78 is 14.1. The van der Waals surface area contributed by atoms with Crippen LogP contribution in [0.4, 0.5) is 4.39 Å².